The van der Waals surface area contributed by atoms with Gasteiger partial charge in [0, 0.05) is 0 Å². The van der Waals surface area contributed by atoms with Gasteiger partial charge in [-0.15, -0.1) is 0 Å². The predicted octanol–water partition coefficient (Wildman–Crippen LogP) is 3.25. The summed E-state index contributed by atoms with van der Waals surface area (Å²) in [5.41, 5.74) is 0.373. The molecule has 0 radical (unpaired) electrons. The molecule has 0 aliphatic rings. The molecule has 0 aromatic heterocycles. The van der Waals surface area contributed by atoms with Crippen LogP contribution in [0.25, 0.3) is 0 Å². The molecule has 1 aromatic rings. The second-order valence-corrected chi connectivity index (χ2v) is 5.52. The smallest absolute Gasteiger partial charge is 0.323 e. The number of carbonyl (C=O) groups is 1. The number of nitrogens with one attached hydrogen (secondary N) is 1. The summed E-state index contributed by atoms with van der Waals surface area (Å²) >= 11 is 0. The first-order valence-corrected chi connectivity index (χ1v) is 7.72. The molecule has 0 bridgehead atoms. The molecule has 0 aliphatic heterocycles. The molecule has 0 amide bonds. The van der Waals surface area contributed by atoms with Crippen molar-refractivity contribution in [3.8, 4) is 5.75 Å². The lowest BCUT2D eigenvalue weighted by Gasteiger charge is -2.26. The van der Waals surface area contributed by atoms with Crippen LogP contribution in [-0.2, 0) is 11.2 Å². The van der Waals surface area contributed by atoms with Crippen molar-refractivity contribution in [3.05, 3.63) is 29.8 Å². The molecule has 0 heterocycles. The Morgan fingerprint density at radius 1 is 1.38 bits per heavy atom. The van der Waals surface area contributed by atoms with Gasteiger partial charge in [0.25, 0.3) is 0 Å². The second-order valence-electron chi connectivity index (χ2n) is 5.52. The van der Waals surface area contributed by atoms with Crippen LogP contribution in [0.1, 0.15) is 45.6 Å². The molecule has 21 heavy (non-hydrogen) atoms. The van der Waals surface area contributed by atoms with Gasteiger partial charge in [-0.25, -0.2) is 0 Å². The van der Waals surface area contributed by atoms with Crippen molar-refractivity contribution in [2.75, 3.05) is 13.2 Å². The first-order valence-electron chi connectivity index (χ1n) is 7.72. The van der Waals surface area contributed by atoms with E-state index in [1.807, 2.05) is 25.1 Å². The third kappa shape index (κ3) is 5.76. The summed E-state index contributed by atoms with van der Waals surface area (Å²) in [6, 6.07) is 8.03. The van der Waals surface area contributed by atoms with Crippen LogP contribution in [-0.4, -0.2) is 29.8 Å². The van der Waals surface area contributed by atoms with E-state index < -0.39 is 11.5 Å². The van der Waals surface area contributed by atoms with Crippen molar-refractivity contribution < 1.29 is 14.6 Å². The van der Waals surface area contributed by atoms with E-state index in [0.29, 0.717) is 26.0 Å². The van der Waals surface area contributed by atoms with Crippen LogP contribution in [0.4, 0.5) is 0 Å². The van der Waals surface area contributed by atoms with Gasteiger partial charge in [-0.05, 0) is 56.8 Å². The summed E-state index contributed by atoms with van der Waals surface area (Å²) in [7, 11) is 0. The van der Waals surface area contributed by atoms with Crippen LogP contribution in [0.3, 0.4) is 0 Å². The largest absolute Gasteiger partial charge is 0.494 e. The molecule has 4 heteroatoms. The number of hydrogen-bond donors (Lipinski definition) is 2. The summed E-state index contributed by atoms with van der Waals surface area (Å²) in [6.07, 6.45) is 3.16. The fraction of sp³-hybridized carbons (Fsp3) is 0.588. The molecule has 1 aromatic carbocycles. The third-order valence-electron chi connectivity index (χ3n) is 3.63. The maximum Gasteiger partial charge on any atom is 0.323 e. The van der Waals surface area contributed by atoms with E-state index in [0.717, 1.165) is 18.6 Å². The Labute approximate surface area is 127 Å². The lowest BCUT2D eigenvalue weighted by Crippen LogP contribution is -2.49. The van der Waals surface area contributed by atoms with Crippen LogP contribution in [0.15, 0.2) is 24.3 Å². The monoisotopic (exact) mass is 293 g/mol. The molecular formula is C17H27NO3. The zero-order valence-corrected chi connectivity index (χ0v) is 13.3. The number of aryl methyl sites for hydroxylation is 1. The lowest BCUT2D eigenvalue weighted by molar-refractivity contribution is -0.144. The second kappa shape index (κ2) is 8.67. The normalized spacial score (nSPS) is 13.7. The van der Waals surface area contributed by atoms with Gasteiger partial charge in [0.05, 0.1) is 6.61 Å². The van der Waals surface area contributed by atoms with Crippen molar-refractivity contribution in [1.82, 2.24) is 5.32 Å². The highest BCUT2D eigenvalue weighted by molar-refractivity contribution is 5.78. The third-order valence-corrected chi connectivity index (χ3v) is 3.63. The maximum atomic E-state index is 11.4. The molecule has 4 nitrogen and oxygen atoms in total. The molecule has 0 saturated heterocycles. The Morgan fingerprint density at radius 3 is 2.76 bits per heavy atom. The Morgan fingerprint density at radius 2 is 2.14 bits per heavy atom. The van der Waals surface area contributed by atoms with Gasteiger partial charge in [-0.2, -0.15) is 0 Å². The zero-order chi connectivity index (χ0) is 15.7. The van der Waals surface area contributed by atoms with Crippen molar-refractivity contribution >= 4 is 5.97 Å². The van der Waals surface area contributed by atoms with E-state index in [1.54, 1.807) is 6.92 Å². The van der Waals surface area contributed by atoms with E-state index in [1.165, 1.54) is 5.56 Å². The number of benzene rings is 1. The number of aliphatic carboxylic acids is 1. The summed E-state index contributed by atoms with van der Waals surface area (Å²) in [6.45, 7) is 7.12. The molecule has 118 valence electrons. The molecule has 0 aliphatic carbocycles. The van der Waals surface area contributed by atoms with E-state index in [-0.39, 0.29) is 0 Å². The number of rotatable bonds is 10. The standard InChI is InChI=1S/C17H27NO3/c1-4-11-18-17(3,16(19)20)10-7-12-21-15-9-6-8-14(5-2)13-15/h6,8-9,13,18H,4-5,7,10-12H2,1-3H3,(H,19,20). The molecule has 2 N–H and O–H groups in total. The van der Waals surface area contributed by atoms with Crippen LogP contribution >= 0.6 is 0 Å². The van der Waals surface area contributed by atoms with Crippen molar-refractivity contribution in [3.63, 3.8) is 0 Å². The van der Waals surface area contributed by atoms with Gasteiger partial charge >= 0.3 is 5.97 Å². The summed E-state index contributed by atoms with van der Waals surface area (Å²) in [5.74, 6) is 0.0526. The lowest BCUT2D eigenvalue weighted by atomic mass is 9.96. The van der Waals surface area contributed by atoms with E-state index >= 15 is 0 Å². The van der Waals surface area contributed by atoms with Gasteiger partial charge < -0.3 is 15.2 Å². The fourth-order valence-electron chi connectivity index (χ4n) is 2.14. The number of hydrogen-bond acceptors (Lipinski definition) is 3. The summed E-state index contributed by atoms with van der Waals surface area (Å²) in [5, 5.41) is 12.4. The Balaban J connectivity index is 2.42. The minimum Gasteiger partial charge on any atom is -0.494 e. The number of ether oxygens (including phenoxy) is 1. The van der Waals surface area contributed by atoms with Crippen LogP contribution in [0.5, 0.6) is 5.75 Å². The number of carboxylic acids is 1. The van der Waals surface area contributed by atoms with Gasteiger partial charge in [-0.1, -0.05) is 26.0 Å². The molecular weight excluding hydrogens is 266 g/mol. The van der Waals surface area contributed by atoms with E-state index in [4.69, 9.17) is 4.74 Å². The minimum absolute atomic E-state index is 0.532. The first kappa shape index (κ1) is 17.5. The Kier molecular flexibility index (Phi) is 7.23. The fourth-order valence-corrected chi connectivity index (χ4v) is 2.14. The van der Waals surface area contributed by atoms with Crippen LogP contribution < -0.4 is 10.1 Å². The van der Waals surface area contributed by atoms with Gasteiger partial charge in [0.2, 0.25) is 0 Å². The minimum atomic E-state index is -0.870. The maximum absolute atomic E-state index is 11.4. The topological polar surface area (TPSA) is 58.6 Å². The quantitative estimate of drug-likeness (QED) is 0.650. The van der Waals surface area contributed by atoms with E-state index in [9.17, 15) is 9.90 Å². The Hall–Kier alpha value is -1.55. The first-order chi connectivity index (χ1) is 10.0. The average molecular weight is 293 g/mol. The SMILES string of the molecule is CCCNC(C)(CCCOc1cccc(CC)c1)C(=O)O. The van der Waals surface area contributed by atoms with Crippen LogP contribution in [0, 0.1) is 0 Å². The predicted molar refractivity (Wildman–Crippen MR) is 84.9 cm³/mol. The highest BCUT2D eigenvalue weighted by Crippen LogP contribution is 2.16. The Bertz CT molecular complexity index is 447. The molecule has 1 rings (SSSR count). The van der Waals surface area contributed by atoms with Crippen LogP contribution in [0.2, 0.25) is 0 Å². The average Bonchev–Trinajstić information content (AvgIpc) is 2.49. The summed E-state index contributed by atoms with van der Waals surface area (Å²) < 4.78 is 5.71. The van der Waals surface area contributed by atoms with Gasteiger partial charge in [-0.3, -0.25) is 4.79 Å². The van der Waals surface area contributed by atoms with Gasteiger partial charge in [0.1, 0.15) is 11.3 Å². The molecule has 0 saturated carbocycles. The molecule has 0 fully saturated rings. The molecule has 1 unspecified atom stereocenters. The van der Waals surface area contributed by atoms with Gasteiger partial charge in [0.15, 0.2) is 0 Å². The zero-order valence-electron chi connectivity index (χ0n) is 13.3. The van der Waals surface area contributed by atoms with Crippen molar-refractivity contribution in [2.24, 2.45) is 0 Å². The summed E-state index contributed by atoms with van der Waals surface area (Å²) in [4.78, 5) is 11.4. The highest BCUT2D eigenvalue weighted by atomic mass is 16.5. The molecule has 0 spiro atoms. The van der Waals surface area contributed by atoms with Crippen molar-refractivity contribution in [2.45, 2.75) is 52.0 Å². The highest BCUT2D eigenvalue weighted by Gasteiger charge is 2.31. The molecule has 1 atom stereocenters. The van der Waals surface area contributed by atoms with Crippen molar-refractivity contribution in [1.29, 1.82) is 0 Å². The van der Waals surface area contributed by atoms with E-state index in [2.05, 4.69) is 18.3 Å². The number of carboxylic acid groups (broad SMARTS) is 1.